The van der Waals surface area contributed by atoms with Crippen LogP contribution in [0.3, 0.4) is 0 Å². The van der Waals surface area contributed by atoms with Crippen LogP contribution in [0.4, 0.5) is 22.7 Å². The minimum atomic E-state index is -0.133. The number of hydrogen-bond acceptors (Lipinski definition) is 3. The van der Waals surface area contributed by atoms with Crippen molar-refractivity contribution in [3.8, 4) is 0 Å². The third-order valence-corrected chi connectivity index (χ3v) is 6.74. The first kappa shape index (κ1) is 20.8. The molecule has 162 valence electrons. The van der Waals surface area contributed by atoms with Gasteiger partial charge < -0.3 is 5.32 Å². The second kappa shape index (κ2) is 7.79. The molecule has 2 aliphatic rings. The molecular formula is C27H28ClN4+. The van der Waals surface area contributed by atoms with Crippen molar-refractivity contribution in [1.29, 1.82) is 0 Å². The molecule has 0 unspecified atom stereocenters. The van der Waals surface area contributed by atoms with Crippen LogP contribution in [0.25, 0.3) is 0 Å². The third kappa shape index (κ3) is 3.59. The zero-order valence-electron chi connectivity index (χ0n) is 19.0. The summed E-state index contributed by atoms with van der Waals surface area (Å²) >= 11 is 6.31. The van der Waals surface area contributed by atoms with Crippen molar-refractivity contribution in [2.45, 2.75) is 32.6 Å². The van der Waals surface area contributed by atoms with Gasteiger partial charge in [0, 0.05) is 41.0 Å². The fourth-order valence-electron chi connectivity index (χ4n) is 4.85. The molecule has 0 aliphatic carbocycles. The highest BCUT2D eigenvalue weighted by Gasteiger charge is 2.47. The van der Waals surface area contributed by atoms with Crippen LogP contribution in [0.2, 0.25) is 5.02 Å². The summed E-state index contributed by atoms with van der Waals surface area (Å²) in [6.45, 7) is 7.50. The number of aryl methyl sites for hydroxylation is 1. The van der Waals surface area contributed by atoms with Gasteiger partial charge in [-0.05, 0) is 69.3 Å². The van der Waals surface area contributed by atoms with E-state index in [4.69, 9.17) is 16.7 Å². The molecule has 0 radical (unpaired) electrons. The molecular weight excluding hydrogens is 416 g/mol. The van der Waals surface area contributed by atoms with E-state index in [1.807, 2.05) is 6.07 Å². The Balaban J connectivity index is 1.38. The number of hydrogen-bond donors (Lipinski definition) is 1. The van der Waals surface area contributed by atoms with Gasteiger partial charge in [0.1, 0.15) is 12.8 Å². The minimum absolute atomic E-state index is 0.133. The predicted molar refractivity (Wildman–Crippen MR) is 136 cm³/mol. The molecule has 0 saturated carbocycles. The maximum Gasteiger partial charge on any atom is 0.215 e. The molecule has 0 spiro atoms. The largest absolute Gasteiger partial charge is 0.356 e. The van der Waals surface area contributed by atoms with Crippen molar-refractivity contribution in [3.63, 3.8) is 0 Å². The van der Waals surface area contributed by atoms with Crippen LogP contribution < -0.4 is 10.3 Å². The summed E-state index contributed by atoms with van der Waals surface area (Å²) in [7, 11) is 2.13. The Morgan fingerprint density at radius 2 is 1.62 bits per heavy atom. The second-order valence-electron chi connectivity index (χ2n) is 9.15. The van der Waals surface area contributed by atoms with Crippen molar-refractivity contribution in [1.82, 2.24) is 0 Å². The number of nitrogens with zero attached hydrogens (tertiary/aromatic N) is 3. The summed E-state index contributed by atoms with van der Waals surface area (Å²) in [6, 6.07) is 23.1. The average molecular weight is 444 g/mol. The Morgan fingerprint density at radius 1 is 0.969 bits per heavy atom. The maximum atomic E-state index is 6.31. The van der Waals surface area contributed by atoms with Gasteiger partial charge in [-0.15, -0.1) is 0 Å². The van der Waals surface area contributed by atoms with Gasteiger partial charge in [0.25, 0.3) is 0 Å². The molecule has 32 heavy (non-hydrogen) atoms. The molecule has 0 aromatic heterocycles. The van der Waals surface area contributed by atoms with E-state index < -0.39 is 0 Å². The lowest BCUT2D eigenvalue weighted by Gasteiger charge is -2.17. The van der Waals surface area contributed by atoms with Gasteiger partial charge in [0.05, 0.1) is 11.1 Å². The smallest absolute Gasteiger partial charge is 0.215 e. The van der Waals surface area contributed by atoms with Gasteiger partial charge in [-0.25, -0.2) is 0 Å². The van der Waals surface area contributed by atoms with Crippen molar-refractivity contribution in [3.05, 3.63) is 82.9 Å². The first-order chi connectivity index (χ1) is 15.3. The highest BCUT2D eigenvalue weighted by Crippen LogP contribution is 2.41. The SMILES string of the molecule is Cc1ccc(Nc2ccc(N3CCC(C4=[N+](C)c5ccc(Cl)cc5C4(C)C)=N3)cc2)cc1. The Hall–Kier alpha value is -3.11. The van der Waals surface area contributed by atoms with Crippen LogP contribution in [-0.2, 0) is 5.41 Å². The normalized spacial score (nSPS) is 16.9. The Bertz CT molecular complexity index is 1240. The lowest BCUT2D eigenvalue weighted by Crippen LogP contribution is -2.35. The van der Waals surface area contributed by atoms with Crippen LogP contribution >= 0.6 is 11.6 Å². The standard InChI is InChI=1S/C27H28ClN4/c1-18-5-8-20(9-6-18)29-21-10-12-22(13-11-21)32-16-15-24(30-32)26-27(2,3)23-17-19(28)7-14-25(23)31(26)4/h5-14,17,29H,15-16H2,1-4H3/q+1. The van der Waals surface area contributed by atoms with Crippen LogP contribution in [0.15, 0.2) is 71.8 Å². The zero-order chi connectivity index (χ0) is 22.5. The van der Waals surface area contributed by atoms with E-state index in [0.29, 0.717) is 0 Å². The van der Waals surface area contributed by atoms with Crippen molar-refractivity contribution < 1.29 is 4.58 Å². The van der Waals surface area contributed by atoms with Crippen LogP contribution in [0, 0.1) is 6.92 Å². The molecule has 0 fully saturated rings. The van der Waals surface area contributed by atoms with Gasteiger partial charge in [0.2, 0.25) is 11.4 Å². The van der Waals surface area contributed by atoms with Gasteiger partial charge in [-0.2, -0.15) is 9.68 Å². The summed E-state index contributed by atoms with van der Waals surface area (Å²) in [6.07, 6.45) is 0.925. The van der Waals surface area contributed by atoms with Crippen LogP contribution in [0.1, 0.15) is 31.4 Å². The van der Waals surface area contributed by atoms with Gasteiger partial charge in [-0.3, -0.25) is 5.01 Å². The quantitative estimate of drug-likeness (QED) is 0.457. The fourth-order valence-corrected chi connectivity index (χ4v) is 5.03. The van der Waals surface area contributed by atoms with E-state index >= 15 is 0 Å². The number of rotatable bonds is 4. The van der Waals surface area contributed by atoms with E-state index in [1.165, 1.54) is 22.5 Å². The molecule has 2 aliphatic heterocycles. The van der Waals surface area contributed by atoms with Crippen molar-refractivity contribution >= 4 is 45.8 Å². The first-order valence-electron chi connectivity index (χ1n) is 11.0. The lowest BCUT2D eigenvalue weighted by molar-refractivity contribution is -0.400. The maximum absolute atomic E-state index is 6.31. The molecule has 3 aromatic rings. The molecule has 0 saturated heterocycles. The highest BCUT2D eigenvalue weighted by atomic mass is 35.5. The minimum Gasteiger partial charge on any atom is -0.356 e. The Labute approximate surface area is 194 Å². The number of hydrazone groups is 1. The van der Waals surface area contributed by atoms with Crippen molar-refractivity contribution in [2.24, 2.45) is 5.10 Å². The Kier molecular flexibility index (Phi) is 5.06. The summed E-state index contributed by atoms with van der Waals surface area (Å²) < 4.78 is 2.28. The van der Waals surface area contributed by atoms with Gasteiger partial charge in [0.15, 0.2) is 0 Å². The van der Waals surface area contributed by atoms with E-state index in [0.717, 1.165) is 40.8 Å². The van der Waals surface area contributed by atoms with Crippen LogP contribution in [-0.4, -0.2) is 29.6 Å². The number of fused-ring (bicyclic) bond motifs is 1. The molecule has 4 nitrogen and oxygen atoms in total. The third-order valence-electron chi connectivity index (χ3n) is 6.50. The second-order valence-corrected chi connectivity index (χ2v) is 9.59. The molecule has 0 amide bonds. The molecule has 5 rings (SSSR count). The molecule has 1 N–H and O–H groups in total. The van der Waals surface area contributed by atoms with Crippen LogP contribution in [0.5, 0.6) is 0 Å². The molecule has 5 heteroatoms. The predicted octanol–water partition coefficient (Wildman–Crippen LogP) is 6.66. The number of nitrogens with one attached hydrogen (secondary N) is 1. The van der Waals surface area contributed by atoms with E-state index in [2.05, 4.69) is 103 Å². The topological polar surface area (TPSA) is 30.6 Å². The summed E-state index contributed by atoms with van der Waals surface area (Å²) in [5.41, 5.74) is 9.26. The number of halogens is 1. The molecule has 2 heterocycles. The van der Waals surface area contributed by atoms with E-state index in [-0.39, 0.29) is 5.41 Å². The zero-order valence-corrected chi connectivity index (χ0v) is 19.7. The Morgan fingerprint density at radius 3 is 2.31 bits per heavy atom. The van der Waals surface area contributed by atoms with E-state index in [1.54, 1.807) is 0 Å². The van der Waals surface area contributed by atoms with Gasteiger partial charge in [-0.1, -0.05) is 29.3 Å². The molecule has 0 atom stereocenters. The number of anilines is 3. The number of benzene rings is 3. The summed E-state index contributed by atoms with van der Waals surface area (Å²) in [4.78, 5) is 0. The first-order valence-corrected chi connectivity index (χ1v) is 11.4. The average Bonchev–Trinajstić information content (AvgIpc) is 3.31. The summed E-state index contributed by atoms with van der Waals surface area (Å²) in [5.74, 6) is 0. The van der Waals surface area contributed by atoms with Crippen molar-refractivity contribution in [2.75, 3.05) is 23.9 Å². The fraction of sp³-hybridized carbons (Fsp3) is 0.259. The summed E-state index contributed by atoms with van der Waals surface area (Å²) in [5, 5.41) is 11.4. The van der Waals surface area contributed by atoms with Gasteiger partial charge >= 0.3 is 0 Å². The van der Waals surface area contributed by atoms with E-state index in [9.17, 15) is 0 Å². The highest BCUT2D eigenvalue weighted by molar-refractivity contribution is 6.45. The molecule has 3 aromatic carbocycles. The lowest BCUT2D eigenvalue weighted by atomic mass is 9.79. The monoisotopic (exact) mass is 443 g/mol. The molecule has 0 bridgehead atoms.